The van der Waals surface area contributed by atoms with Crippen molar-refractivity contribution >= 4 is 11.9 Å². The topological polar surface area (TPSA) is 75.4 Å². The number of aromatic carboxylic acids is 1. The Balaban J connectivity index is 1.52. The lowest BCUT2D eigenvalue weighted by Crippen LogP contribution is -2.36. The number of carbonyl (C=O) groups excluding carboxylic acids is 1. The van der Waals surface area contributed by atoms with Gasteiger partial charge in [-0.05, 0) is 55.9 Å². The van der Waals surface area contributed by atoms with Crippen molar-refractivity contribution in [3.63, 3.8) is 0 Å². The average Bonchev–Trinajstić information content (AvgIpc) is 3.56. The first kappa shape index (κ1) is 20.4. The standard InChI is InChI=1S/C25H24FN3O3/c26-22-19(8-5-9-20(22)24(30)28-12-2-1-3-13-28)17-6-4-7-18(14-17)29-23(16-10-11-16)21(15-27-29)25(31)32/h4-9,14-16H,1-3,10-13H2,(H,31,32). The molecule has 0 bridgehead atoms. The van der Waals surface area contributed by atoms with Gasteiger partial charge in [-0.3, -0.25) is 4.79 Å². The second kappa shape index (κ2) is 8.22. The molecule has 5 rings (SSSR count). The molecule has 6 nitrogen and oxygen atoms in total. The number of aromatic nitrogens is 2. The molecule has 1 amide bonds. The Hall–Kier alpha value is -3.48. The highest BCUT2D eigenvalue weighted by atomic mass is 19.1. The number of carbonyl (C=O) groups is 2. The molecule has 2 fully saturated rings. The molecular weight excluding hydrogens is 409 g/mol. The van der Waals surface area contributed by atoms with Crippen LogP contribution in [-0.2, 0) is 0 Å². The summed E-state index contributed by atoms with van der Waals surface area (Å²) in [5, 5.41) is 13.8. The highest BCUT2D eigenvalue weighted by molar-refractivity contribution is 5.96. The summed E-state index contributed by atoms with van der Waals surface area (Å²) >= 11 is 0. The monoisotopic (exact) mass is 433 g/mol. The number of carboxylic acid groups (broad SMARTS) is 1. The number of hydrogen-bond donors (Lipinski definition) is 1. The van der Waals surface area contributed by atoms with Crippen LogP contribution in [0, 0.1) is 5.82 Å². The van der Waals surface area contributed by atoms with Gasteiger partial charge in [-0.1, -0.05) is 24.3 Å². The third-order valence-electron chi connectivity index (χ3n) is 6.28. The van der Waals surface area contributed by atoms with Crippen molar-refractivity contribution in [1.82, 2.24) is 14.7 Å². The average molecular weight is 433 g/mol. The molecule has 0 spiro atoms. The van der Waals surface area contributed by atoms with E-state index in [-0.39, 0.29) is 23.0 Å². The summed E-state index contributed by atoms with van der Waals surface area (Å²) in [5.41, 5.74) is 2.60. The second-order valence-corrected chi connectivity index (χ2v) is 8.51. The normalized spacial score (nSPS) is 16.2. The molecule has 2 heterocycles. The molecule has 0 radical (unpaired) electrons. The summed E-state index contributed by atoms with van der Waals surface area (Å²) in [6.45, 7) is 1.32. The lowest BCUT2D eigenvalue weighted by molar-refractivity contribution is 0.0692. The van der Waals surface area contributed by atoms with Crippen LogP contribution < -0.4 is 0 Å². The number of benzene rings is 2. The van der Waals surface area contributed by atoms with E-state index in [0.29, 0.717) is 35.6 Å². The van der Waals surface area contributed by atoms with E-state index in [1.807, 2.05) is 6.07 Å². The van der Waals surface area contributed by atoms with E-state index in [0.717, 1.165) is 32.1 Å². The number of nitrogens with zero attached hydrogens (tertiary/aromatic N) is 3. The highest BCUT2D eigenvalue weighted by Crippen LogP contribution is 2.42. The van der Waals surface area contributed by atoms with Crippen LogP contribution >= 0.6 is 0 Å². The number of rotatable bonds is 5. The van der Waals surface area contributed by atoms with Gasteiger partial charge in [0, 0.05) is 24.6 Å². The molecule has 1 saturated carbocycles. The van der Waals surface area contributed by atoms with Crippen LogP contribution in [0.2, 0.25) is 0 Å². The molecule has 1 aromatic heterocycles. The molecule has 0 atom stereocenters. The summed E-state index contributed by atoms with van der Waals surface area (Å²) in [5.74, 6) is -1.62. The Bertz CT molecular complexity index is 1190. The Morgan fingerprint density at radius 1 is 1.00 bits per heavy atom. The summed E-state index contributed by atoms with van der Waals surface area (Å²) in [7, 11) is 0. The van der Waals surface area contributed by atoms with Crippen LogP contribution in [0.25, 0.3) is 16.8 Å². The number of amides is 1. The predicted molar refractivity (Wildman–Crippen MR) is 118 cm³/mol. The molecule has 1 aliphatic carbocycles. The van der Waals surface area contributed by atoms with Gasteiger partial charge in [0.25, 0.3) is 5.91 Å². The Morgan fingerprint density at radius 2 is 1.75 bits per heavy atom. The lowest BCUT2D eigenvalue weighted by Gasteiger charge is -2.27. The number of hydrogen-bond acceptors (Lipinski definition) is 3. The van der Waals surface area contributed by atoms with E-state index in [2.05, 4.69) is 5.10 Å². The van der Waals surface area contributed by atoms with E-state index in [1.54, 1.807) is 39.9 Å². The van der Waals surface area contributed by atoms with Crippen molar-refractivity contribution in [1.29, 1.82) is 0 Å². The summed E-state index contributed by atoms with van der Waals surface area (Å²) in [6.07, 6.45) is 6.23. The summed E-state index contributed by atoms with van der Waals surface area (Å²) in [4.78, 5) is 26.2. The molecular formula is C25H24FN3O3. The molecule has 32 heavy (non-hydrogen) atoms. The van der Waals surface area contributed by atoms with Crippen molar-refractivity contribution in [2.75, 3.05) is 13.1 Å². The first-order valence-electron chi connectivity index (χ1n) is 11.0. The molecule has 0 unspecified atom stereocenters. The zero-order chi connectivity index (χ0) is 22.2. The first-order valence-corrected chi connectivity index (χ1v) is 11.0. The van der Waals surface area contributed by atoms with Crippen LogP contribution in [0.1, 0.15) is 64.4 Å². The minimum Gasteiger partial charge on any atom is -0.478 e. The number of piperidine rings is 1. The SMILES string of the molecule is O=C(O)c1cnn(-c2cccc(-c3cccc(C(=O)N4CCCCC4)c3F)c2)c1C1CC1. The highest BCUT2D eigenvalue weighted by Gasteiger charge is 2.33. The Labute approximate surface area is 185 Å². The van der Waals surface area contributed by atoms with Crippen LogP contribution in [0.4, 0.5) is 4.39 Å². The minimum atomic E-state index is -0.996. The number of halogens is 1. The third-order valence-corrected chi connectivity index (χ3v) is 6.28. The van der Waals surface area contributed by atoms with Crippen molar-refractivity contribution in [3.8, 4) is 16.8 Å². The van der Waals surface area contributed by atoms with Crippen LogP contribution in [0.15, 0.2) is 48.7 Å². The number of carboxylic acids is 1. The predicted octanol–water partition coefficient (Wildman–Crippen LogP) is 4.88. The molecule has 1 saturated heterocycles. The van der Waals surface area contributed by atoms with Gasteiger partial charge < -0.3 is 10.0 Å². The van der Waals surface area contributed by atoms with Crippen LogP contribution in [0.3, 0.4) is 0 Å². The van der Waals surface area contributed by atoms with Gasteiger partial charge in [0.1, 0.15) is 11.4 Å². The Kier molecular flexibility index (Phi) is 5.25. The van der Waals surface area contributed by atoms with Crippen LogP contribution in [-0.4, -0.2) is 44.8 Å². The first-order chi connectivity index (χ1) is 15.5. The second-order valence-electron chi connectivity index (χ2n) is 8.51. The van der Waals surface area contributed by atoms with Gasteiger partial charge in [-0.15, -0.1) is 0 Å². The summed E-state index contributed by atoms with van der Waals surface area (Å²) in [6, 6.07) is 12.1. The molecule has 164 valence electrons. The lowest BCUT2D eigenvalue weighted by atomic mass is 10.00. The van der Waals surface area contributed by atoms with Gasteiger partial charge >= 0.3 is 5.97 Å². The molecule has 3 aromatic rings. The minimum absolute atomic E-state index is 0.0840. The maximum atomic E-state index is 15.5. The van der Waals surface area contributed by atoms with Crippen molar-refractivity contribution in [2.45, 2.75) is 38.0 Å². The van der Waals surface area contributed by atoms with Gasteiger partial charge in [0.15, 0.2) is 0 Å². The van der Waals surface area contributed by atoms with Crippen LogP contribution in [0.5, 0.6) is 0 Å². The smallest absolute Gasteiger partial charge is 0.339 e. The quantitative estimate of drug-likeness (QED) is 0.622. The molecule has 7 heteroatoms. The van der Waals surface area contributed by atoms with E-state index in [9.17, 15) is 14.7 Å². The van der Waals surface area contributed by atoms with E-state index in [4.69, 9.17) is 0 Å². The Morgan fingerprint density at radius 3 is 2.47 bits per heavy atom. The molecule has 2 aromatic carbocycles. The van der Waals surface area contributed by atoms with Crippen molar-refractivity contribution in [2.24, 2.45) is 0 Å². The molecule has 1 aliphatic heterocycles. The summed E-state index contributed by atoms with van der Waals surface area (Å²) < 4.78 is 17.1. The van der Waals surface area contributed by atoms with Gasteiger partial charge in [0.2, 0.25) is 0 Å². The molecule has 1 N–H and O–H groups in total. The zero-order valence-corrected chi connectivity index (χ0v) is 17.6. The third kappa shape index (κ3) is 3.68. The maximum Gasteiger partial charge on any atom is 0.339 e. The fourth-order valence-electron chi connectivity index (χ4n) is 4.47. The van der Waals surface area contributed by atoms with Gasteiger partial charge in [0.05, 0.1) is 23.1 Å². The zero-order valence-electron chi connectivity index (χ0n) is 17.6. The van der Waals surface area contributed by atoms with E-state index in [1.165, 1.54) is 12.3 Å². The van der Waals surface area contributed by atoms with E-state index >= 15 is 4.39 Å². The fourth-order valence-corrected chi connectivity index (χ4v) is 4.47. The fraction of sp³-hybridized carbons (Fsp3) is 0.320. The van der Waals surface area contributed by atoms with E-state index < -0.39 is 11.8 Å². The van der Waals surface area contributed by atoms with Gasteiger partial charge in [-0.2, -0.15) is 5.10 Å². The maximum absolute atomic E-state index is 15.5. The largest absolute Gasteiger partial charge is 0.478 e. The van der Waals surface area contributed by atoms with Gasteiger partial charge in [-0.25, -0.2) is 13.9 Å². The van der Waals surface area contributed by atoms with Crippen molar-refractivity contribution < 1.29 is 19.1 Å². The van der Waals surface area contributed by atoms with Crippen molar-refractivity contribution in [3.05, 3.63) is 71.3 Å². The number of likely N-dealkylation sites (tertiary alicyclic amines) is 1. The molecule has 2 aliphatic rings.